The van der Waals surface area contributed by atoms with Crippen LogP contribution in [0.3, 0.4) is 0 Å². The molecule has 0 amide bonds. The van der Waals surface area contributed by atoms with Crippen LogP contribution < -0.4 is 0 Å². The van der Waals surface area contributed by atoms with Gasteiger partial charge in [-0.1, -0.05) is 71.1 Å². The van der Waals surface area contributed by atoms with E-state index < -0.39 is 0 Å². The van der Waals surface area contributed by atoms with Gasteiger partial charge in [-0.25, -0.2) is 0 Å². The van der Waals surface area contributed by atoms with Gasteiger partial charge in [0, 0.05) is 0 Å². The van der Waals surface area contributed by atoms with Crippen LogP contribution in [0, 0.1) is 0 Å². The molecule has 14 heavy (non-hydrogen) atoms. The Kier molecular flexibility index (Phi) is 20.6. The number of unbranched alkanes of at least 4 members (excludes halogenated alkanes) is 9. The van der Waals surface area contributed by atoms with Crippen molar-refractivity contribution in [1.29, 1.82) is 0 Å². The Morgan fingerprint density at radius 1 is 0.643 bits per heavy atom. The molecule has 0 heterocycles. The first-order chi connectivity index (χ1) is 6.41. The Hall–Kier alpha value is 1.09. The van der Waals surface area contributed by atoms with Gasteiger partial charge in [0.15, 0.2) is 0 Å². The minimum atomic E-state index is 0. The molecule has 0 spiro atoms. The zero-order chi connectivity index (χ0) is 9.78. The van der Waals surface area contributed by atoms with Crippen molar-refractivity contribution in [3.8, 4) is 0 Å². The van der Waals surface area contributed by atoms with Crippen LogP contribution in [0.15, 0.2) is 0 Å². The van der Waals surface area contributed by atoms with E-state index in [2.05, 4.69) is 6.92 Å². The van der Waals surface area contributed by atoms with Gasteiger partial charge in [-0.15, -0.1) is 0 Å². The van der Waals surface area contributed by atoms with Crippen molar-refractivity contribution in [3.63, 3.8) is 0 Å². The Balaban J connectivity index is 0. The standard InChI is InChI=1S/C12H26S.Ag/c1-2-3-4-5-6-7-8-9-10-11-12-13;/h13H,2-12H2,1H3;/q;+1/p-1. The number of rotatable bonds is 10. The minimum absolute atomic E-state index is 0. The van der Waals surface area contributed by atoms with Crippen molar-refractivity contribution in [3.05, 3.63) is 0 Å². The van der Waals surface area contributed by atoms with Crippen molar-refractivity contribution >= 4 is 12.6 Å². The molecular formula is C12H25AgS. The second kappa shape index (κ2) is 16.5. The molecule has 0 bridgehead atoms. The van der Waals surface area contributed by atoms with Gasteiger partial charge in [0.2, 0.25) is 0 Å². The quantitative estimate of drug-likeness (QED) is 0.326. The van der Waals surface area contributed by atoms with Crippen LogP contribution in [-0.2, 0) is 35.0 Å². The van der Waals surface area contributed by atoms with E-state index in [-0.39, 0.29) is 22.4 Å². The molecule has 0 N–H and O–H groups in total. The second-order valence-electron chi connectivity index (χ2n) is 3.89. The van der Waals surface area contributed by atoms with E-state index in [9.17, 15) is 0 Å². The first kappa shape index (κ1) is 17.5. The fraction of sp³-hybridized carbons (Fsp3) is 1.00. The van der Waals surface area contributed by atoms with Crippen LogP contribution in [-0.4, -0.2) is 5.75 Å². The summed E-state index contributed by atoms with van der Waals surface area (Å²) in [6, 6.07) is 0. The fourth-order valence-corrected chi connectivity index (χ4v) is 1.79. The van der Waals surface area contributed by atoms with Crippen molar-refractivity contribution in [2.45, 2.75) is 71.1 Å². The van der Waals surface area contributed by atoms with E-state index in [1.165, 1.54) is 64.2 Å². The van der Waals surface area contributed by atoms with Crippen LogP contribution >= 0.6 is 0 Å². The maximum atomic E-state index is 4.90. The minimum Gasteiger partial charge on any atom is -0.793 e. The van der Waals surface area contributed by atoms with Crippen molar-refractivity contribution in [1.82, 2.24) is 0 Å². The average molecular weight is 309 g/mol. The Bertz CT molecular complexity index is 76.4. The SMILES string of the molecule is CCCCCCCCCCCC[S-].[Ag+]. The van der Waals surface area contributed by atoms with E-state index in [4.69, 9.17) is 12.6 Å². The van der Waals surface area contributed by atoms with Crippen LogP contribution in [0.5, 0.6) is 0 Å². The summed E-state index contributed by atoms with van der Waals surface area (Å²) in [5.41, 5.74) is 0. The molecule has 0 nitrogen and oxygen atoms in total. The summed E-state index contributed by atoms with van der Waals surface area (Å²) in [5, 5.41) is 0. The van der Waals surface area contributed by atoms with E-state index in [1.54, 1.807) is 0 Å². The van der Waals surface area contributed by atoms with Crippen molar-refractivity contribution < 1.29 is 22.4 Å². The summed E-state index contributed by atoms with van der Waals surface area (Å²) < 4.78 is 0. The molecular weight excluding hydrogens is 284 g/mol. The Morgan fingerprint density at radius 2 is 1.00 bits per heavy atom. The first-order valence-corrected chi connectivity index (χ1v) is 6.57. The van der Waals surface area contributed by atoms with Crippen molar-refractivity contribution in [2.75, 3.05) is 5.75 Å². The predicted octanol–water partition coefficient (Wildman–Crippen LogP) is 4.45. The smallest absolute Gasteiger partial charge is 0.793 e. The fourth-order valence-electron chi connectivity index (χ4n) is 1.59. The van der Waals surface area contributed by atoms with Gasteiger partial charge in [-0.3, -0.25) is 0 Å². The number of hydrogen-bond acceptors (Lipinski definition) is 1. The third kappa shape index (κ3) is 15.6. The largest absolute Gasteiger partial charge is 1.00 e. The van der Waals surface area contributed by atoms with Crippen LogP contribution in [0.2, 0.25) is 0 Å². The molecule has 0 aromatic heterocycles. The molecule has 90 valence electrons. The van der Waals surface area contributed by atoms with Gasteiger partial charge in [0.25, 0.3) is 0 Å². The molecule has 0 saturated heterocycles. The van der Waals surface area contributed by atoms with Crippen LogP contribution in [0.1, 0.15) is 71.1 Å². The molecule has 0 saturated carbocycles. The average Bonchev–Trinajstić information content (AvgIpc) is 2.16. The van der Waals surface area contributed by atoms with Gasteiger partial charge in [-0.2, -0.15) is 5.75 Å². The summed E-state index contributed by atoms with van der Waals surface area (Å²) in [5.74, 6) is 0.955. The van der Waals surface area contributed by atoms with Gasteiger partial charge in [0.1, 0.15) is 0 Å². The zero-order valence-electron chi connectivity index (χ0n) is 9.49. The van der Waals surface area contributed by atoms with Crippen molar-refractivity contribution in [2.24, 2.45) is 0 Å². The predicted molar refractivity (Wildman–Crippen MR) is 64.1 cm³/mol. The monoisotopic (exact) mass is 308 g/mol. The normalized spacial score (nSPS) is 9.86. The molecule has 0 radical (unpaired) electrons. The topological polar surface area (TPSA) is 0 Å². The van der Waals surface area contributed by atoms with Gasteiger partial charge < -0.3 is 12.6 Å². The molecule has 0 aliphatic rings. The molecule has 0 fully saturated rings. The molecule has 0 aromatic rings. The second-order valence-corrected chi connectivity index (χ2v) is 4.29. The maximum absolute atomic E-state index is 4.90. The van der Waals surface area contributed by atoms with Gasteiger partial charge in [0.05, 0.1) is 0 Å². The molecule has 0 atom stereocenters. The van der Waals surface area contributed by atoms with Crippen LogP contribution in [0.25, 0.3) is 0 Å². The summed E-state index contributed by atoms with van der Waals surface area (Å²) >= 11 is 4.90. The maximum Gasteiger partial charge on any atom is 1.00 e. The Morgan fingerprint density at radius 3 is 1.36 bits per heavy atom. The summed E-state index contributed by atoms with van der Waals surface area (Å²) in [4.78, 5) is 0. The molecule has 2 heteroatoms. The van der Waals surface area contributed by atoms with E-state index in [0.29, 0.717) is 0 Å². The Labute approximate surface area is 112 Å². The van der Waals surface area contributed by atoms with Crippen LogP contribution in [0.4, 0.5) is 0 Å². The summed E-state index contributed by atoms with van der Waals surface area (Å²) in [7, 11) is 0. The summed E-state index contributed by atoms with van der Waals surface area (Å²) in [6.07, 6.45) is 14.0. The molecule has 0 aromatic carbocycles. The third-order valence-electron chi connectivity index (χ3n) is 2.50. The molecule has 0 unspecified atom stereocenters. The number of hydrogen-bond donors (Lipinski definition) is 0. The third-order valence-corrected chi connectivity index (χ3v) is 2.79. The zero-order valence-corrected chi connectivity index (χ0v) is 11.8. The van der Waals surface area contributed by atoms with Gasteiger partial charge >= 0.3 is 22.4 Å². The van der Waals surface area contributed by atoms with E-state index >= 15 is 0 Å². The van der Waals surface area contributed by atoms with E-state index in [1.807, 2.05) is 0 Å². The van der Waals surface area contributed by atoms with Gasteiger partial charge in [-0.05, 0) is 0 Å². The molecule has 0 aliphatic carbocycles. The molecule has 0 aliphatic heterocycles. The summed E-state index contributed by atoms with van der Waals surface area (Å²) in [6.45, 7) is 2.27. The molecule has 0 rings (SSSR count). The van der Waals surface area contributed by atoms with E-state index in [0.717, 1.165) is 5.75 Å². The first-order valence-electron chi connectivity index (χ1n) is 6.00.